The Labute approximate surface area is 148 Å². The quantitative estimate of drug-likeness (QED) is 0.879. The molecule has 0 aliphatic carbocycles. The van der Waals surface area contributed by atoms with Gasteiger partial charge in [-0.25, -0.2) is 0 Å². The number of anilines is 1. The van der Waals surface area contributed by atoms with Crippen LogP contribution in [0.15, 0.2) is 48.8 Å². The third-order valence-corrected chi connectivity index (χ3v) is 4.82. The number of carbonyl (C=O) groups is 1. The van der Waals surface area contributed by atoms with Crippen molar-refractivity contribution in [2.75, 3.05) is 18.4 Å². The zero-order valence-electron chi connectivity index (χ0n) is 14.6. The lowest BCUT2D eigenvalue weighted by Gasteiger charge is -2.36. The average molecular weight is 339 g/mol. The van der Waals surface area contributed by atoms with E-state index in [1.54, 1.807) is 12.4 Å². The summed E-state index contributed by atoms with van der Waals surface area (Å²) in [4.78, 5) is 19.0. The fourth-order valence-corrected chi connectivity index (χ4v) is 3.30. The van der Waals surface area contributed by atoms with Gasteiger partial charge in [-0.2, -0.15) is 0 Å². The van der Waals surface area contributed by atoms with Crippen LogP contribution in [0.4, 0.5) is 5.69 Å². The maximum absolute atomic E-state index is 12.6. The Morgan fingerprint density at radius 3 is 2.68 bits per heavy atom. The van der Waals surface area contributed by atoms with Crippen molar-refractivity contribution in [3.8, 4) is 0 Å². The summed E-state index contributed by atoms with van der Waals surface area (Å²) < 4.78 is 0. The number of carbonyl (C=O) groups excluding carboxylic acids is 1. The number of hydrogen-bond donors (Lipinski definition) is 2. The number of aliphatic hydroxyl groups is 1. The van der Waals surface area contributed by atoms with Crippen LogP contribution in [0.5, 0.6) is 0 Å². The molecule has 0 spiro atoms. The van der Waals surface area contributed by atoms with Gasteiger partial charge in [-0.3, -0.25) is 14.7 Å². The highest BCUT2D eigenvalue weighted by Crippen LogP contribution is 2.28. The van der Waals surface area contributed by atoms with Crippen molar-refractivity contribution in [2.45, 2.75) is 38.3 Å². The molecule has 1 amide bonds. The molecule has 25 heavy (non-hydrogen) atoms. The van der Waals surface area contributed by atoms with Crippen LogP contribution in [-0.2, 0) is 4.79 Å². The van der Waals surface area contributed by atoms with Crippen molar-refractivity contribution in [1.29, 1.82) is 0 Å². The molecular formula is C20H25N3O2. The van der Waals surface area contributed by atoms with E-state index in [9.17, 15) is 9.90 Å². The van der Waals surface area contributed by atoms with Crippen LogP contribution in [0.3, 0.4) is 0 Å². The summed E-state index contributed by atoms with van der Waals surface area (Å²) in [6, 6.07) is 12.0. The van der Waals surface area contributed by atoms with E-state index in [0.29, 0.717) is 6.42 Å². The average Bonchev–Trinajstić information content (AvgIpc) is 2.63. The Balaban J connectivity index is 1.73. The first kappa shape index (κ1) is 17.6. The van der Waals surface area contributed by atoms with Crippen molar-refractivity contribution in [3.63, 3.8) is 0 Å². The van der Waals surface area contributed by atoms with Gasteiger partial charge in [0.2, 0.25) is 5.91 Å². The standard InChI is InChI=1S/C20H25N3O2/c1-15-7-10-21-14-18(15)22-20(25)13-19(16-5-3-2-4-6-16)23-11-8-17(24)9-12-23/h2-7,10,14,17,19,24H,8-9,11-13H2,1H3,(H,22,25)/t19-/m1/s1. The molecule has 1 atom stereocenters. The Morgan fingerprint density at radius 2 is 2.00 bits per heavy atom. The minimum Gasteiger partial charge on any atom is -0.393 e. The van der Waals surface area contributed by atoms with Crippen LogP contribution < -0.4 is 5.32 Å². The molecule has 5 nitrogen and oxygen atoms in total. The van der Waals surface area contributed by atoms with Gasteiger partial charge in [-0.1, -0.05) is 30.3 Å². The van der Waals surface area contributed by atoms with Gasteiger partial charge in [0.1, 0.15) is 0 Å². The number of pyridine rings is 1. The van der Waals surface area contributed by atoms with Crippen molar-refractivity contribution in [1.82, 2.24) is 9.88 Å². The molecule has 2 N–H and O–H groups in total. The molecule has 1 saturated heterocycles. The molecular weight excluding hydrogens is 314 g/mol. The molecule has 1 aromatic heterocycles. The molecule has 1 aliphatic rings. The molecule has 2 heterocycles. The SMILES string of the molecule is Cc1ccncc1NC(=O)C[C@H](c1ccccc1)N1CCC(O)CC1. The molecule has 1 aromatic carbocycles. The van der Waals surface area contributed by atoms with Gasteiger partial charge in [-0.05, 0) is 37.0 Å². The third kappa shape index (κ3) is 4.65. The molecule has 0 unspecified atom stereocenters. The predicted octanol–water partition coefficient (Wildman–Crippen LogP) is 2.92. The minimum atomic E-state index is -0.223. The van der Waals surface area contributed by atoms with E-state index in [-0.39, 0.29) is 18.1 Å². The minimum absolute atomic E-state index is 0.0175. The number of aliphatic hydroxyl groups excluding tert-OH is 1. The van der Waals surface area contributed by atoms with E-state index in [1.807, 2.05) is 31.2 Å². The van der Waals surface area contributed by atoms with Gasteiger partial charge in [0.15, 0.2) is 0 Å². The number of hydrogen-bond acceptors (Lipinski definition) is 4. The Morgan fingerprint density at radius 1 is 1.28 bits per heavy atom. The fourth-order valence-electron chi connectivity index (χ4n) is 3.30. The van der Waals surface area contributed by atoms with Crippen molar-refractivity contribution < 1.29 is 9.90 Å². The number of amides is 1. The number of likely N-dealkylation sites (tertiary alicyclic amines) is 1. The van der Waals surface area contributed by atoms with Crippen LogP contribution in [0.2, 0.25) is 0 Å². The first-order valence-corrected chi connectivity index (χ1v) is 8.81. The van der Waals surface area contributed by atoms with Crippen molar-refractivity contribution in [2.24, 2.45) is 0 Å². The van der Waals surface area contributed by atoms with E-state index >= 15 is 0 Å². The smallest absolute Gasteiger partial charge is 0.226 e. The zero-order chi connectivity index (χ0) is 17.6. The maximum atomic E-state index is 12.6. The lowest BCUT2D eigenvalue weighted by atomic mass is 9.97. The molecule has 2 aromatic rings. The van der Waals surface area contributed by atoms with E-state index < -0.39 is 0 Å². The summed E-state index contributed by atoms with van der Waals surface area (Å²) in [5.41, 5.74) is 2.89. The van der Waals surface area contributed by atoms with Crippen LogP contribution in [0.25, 0.3) is 0 Å². The van der Waals surface area contributed by atoms with E-state index in [4.69, 9.17) is 0 Å². The van der Waals surface area contributed by atoms with Crippen LogP contribution >= 0.6 is 0 Å². The third-order valence-electron chi connectivity index (χ3n) is 4.82. The summed E-state index contributed by atoms with van der Waals surface area (Å²) >= 11 is 0. The number of nitrogens with zero attached hydrogens (tertiary/aromatic N) is 2. The Kier molecular flexibility index (Phi) is 5.79. The summed E-state index contributed by atoms with van der Waals surface area (Å²) in [7, 11) is 0. The van der Waals surface area contributed by atoms with Gasteiger partial charge in [0, 0.05) is 31.7 Å². The summed E-state index contributed by atoms with van der Waals surface area (Å²) in [5, 5.41) is 12.8. The molecule has 0 saturated carbocycles. The second-order valence-corrected chi connectivity index (χ2v) is 6.64. The molecule has 0 radical (unpaired) electrons. The lowest BCUT2D eigenvalue weighted by molar-refractivity contribution is -0.117. The highest BCUT2D eigenvalue weighted by Gasteiger charge is 2.27. The number of nitrogens with one attached hydrogen (secondary N) is 1. The molecule has 1 aliphatic heterocycles. The van der Waals surface area contributed by atoms with Crippen LogP contribution in [0.1, 0.15) is 36.4 Å². The van der Waals surface area contributed by atoms with Crippen LogP contribution in [0, 0.1) is 6.92 Å². The number of aryl methyl sites for hydroxylation is 1. The second kappa shape index (κ2) is 8.23. The number of piperidine rings is 1. The topological polar surface area (TPSA) is 65.5 Å². The number of benzene rings is 1. The predicted molar refractivity (Wildman–Crippen MR) is 98.2 cm³/mol. The molecule has 1 fully saturated rings. The van der Waals surface area contributed by atoms with Crippen molar-refractivity contribution in [3.05, 3.63) is 59.9 Å². The van der Waals surface area contributed by atoms with E-state index in [1.165, 1.54) is 0 Å². The molecule has 5 heteroatoms. The first-order valence-electron chi connectivity index (χ1n) is 8.81. The first-order chi connectivity index (χ1) is 12.1. The maximum Gasteiger partial charge on any atom is 0.226 e. The van der Waals surface area contributed by atoms with Gasteiger partial charge in [0.25, 0.3) is 0 Å². The zero-order valence-corrected chi connectivity index (χ0v) is 14.6. The largest absolute Gasteiger partial charge is 0.393 e. The monoisotopic (exact) mass is 339 g/mol. The van der Waals surface area contributed by atoms with Gasteiger partial charge >= 0.3 is 0 Å². The normalized spacial score (nSPS) is 17.2. The summed E-state index contributed by atoms with van der Waals surface area (Å²) in [6.45, 7) is 3.57. The summed E-state index contributed by atoms with van der Waals surface area (Å²) in [6.07, 6.45) is 5.08. The second-order valence-electron chi connectivity index (χ2n) is 6.64. The molecule has 0 bridgehead atoms. The van der Waals surface area contributed by atoms with Crippen molar-refractivity contribution >= 4 is 11.6 Å². The van der Waals surface area contributed by atoms with Gasteiger partial charge in [-0.15, -0.1) is 0 Å². The summed E-state index contributed by atoms with van der Waals surface area (Å²) in [5.74, 6) is -0.0175. The highest BCUT2D eigenvalue weighted by atomic mass is 16.3. The number of rotatable bonds is 5. The molecule has 3 rings (SSSR count). The lowest BCUT2D eigenvalue weighted by Crippen LogP contribution is -2.39. The fraction of sp³-hybridized carbons (Fsp3) is 0.400. The van der Waals surface area contributed by atoms with E-state index in [2.05, 4.69) is 27.3 Å². The highest BCUT2D eigenvalue weighted by molar-refractivity contribution is 5.91. The molecule has 132 valence electrons. The van der Waals surface area contributed by atoms with Gasteiger partial charge in [0.05, 0.1) is 18.0 Å². The van der Waals surface area contributed by atoms with Gasteiger partial charge < -0.3 is 10.4 Å². The Hall–Kier alpha value is -2.24. The van der Waals surface area contributed by atoms with Crippen LogP contribution in [-0.4, -0.2) is 40.1 Å². The Bertz CT molecular complexity index is 697. The number of aromatic nitrogens is 1. The van der Waals surface area contributed by atoms with E-state index in [0.717, 1.165) is 42.7 Å².